The summed E-state index contributed by atoms with van der Waals surface area (Å²) in [5.74, 6) is -0.247. The van der Waals surface area contributed by atoms with Crippen molar-refractivity contribution in [2.24, 2.45) is 5.92 Å². The van der Waals surface area contributed by atoms with Gasteiger partial charge in [-0.05, 0) is 42.3 Å². The minimum atomic E-state index is -4.44. The molecule has 0 radical (unpaired) electrons. The number of alkyl halides is 3. The molecule has 0 bridgehead atoms. The fraction of sp³-hybridized carbons (Fsp3) is 0.364. The highest BCUT2D eigenvalue weighted by molar-refractivity contribution is 5.81. The van der Waals surface area contributed by atoms with Gasteiger partial charge in [0.05, 0.1) is 11.1 Å². The van der Waals surface area contributed by atoms with Gasteiger partial charge in [-0.15, -0.1) is 0 Å². The number of carbonyl (C=O) groups excluding carboxylic acids is 1. The van der Waals surface area contributed by atoms with E-state index in [1.165, 1.54) is 0 Å². The second-order valence-electron chi connectivity index (χ2n) is 7.12. The van der Waals surface area contributed by atoms with E-state index in [1.54, 1.807) is 38.1 Å². The second-order valence-corrected chi connectivity index (χ2v) is 7.12. The summed E-state index contributed by atoms with van der Waals surface area (Å²) in [5, 5.41) is 21.8. The van der Waals surface area contributed by atoms with Crippen LogP contribution in [0.15, 0.2) is 48.5 Å². The lowest BCUT2D eigenvalue weighted by Gasteiger charge is -2.23. The second kappa shape index (κ2) is 10.7. The van der Waals surface area contributed by atoms with E-state index in [2.05, 4.69) is 5.32 Å². The van der Waals surface area contributed by atoms with Crippen molar-refractivity contribution in [2.45, 2.75) is 32.2 Å². The molecule has 9 heteroatoms. The van der Waals surface area contributed by atoms with Crippen molar-refractivity contribution >= 4 is 5.91 Å². The molecule has 2 aromatic rings. The number of nitriles is 1. The number of nitrogens with one attached hydrogen (secondary N) is 1. The molecule has 0 aromatic heterocycles. The van der Waals surface area contributed by atoms with Crippen LogP contribution in [0.1, 0.15) is 25.0 Å². The Kier molecular flexibility index (Phi) is 8.28. The first-order valence-corrected chi connectivity index (χ1v) is 9.53. The Labute approximate surface area is 178 Å². The SMILES string of the molecule is CC(C)C(Oc1ccccc1C#N)C(=O)NCC(O)COc1ccc(C(F)(F)F)cc1. The molecule has 0 heterocycles. The topological polar surface area (TPSA) is 91.6 Å². The van der Waals surface area contributed by atoms with Gasteiger partial charge in [-0.1, -0.05) is 26.0 Å². The van der Waals surface area contributed by atoms with Crippen molar-refractivity contribution in [1.29, 1.82) is 5.26 Å². The van der Waals surface area contributed by atoms with Crippen molar-refractivity contribution in [3.05, 3.63) is 59.7 Å². The molecule has 166 valence electrons. The van der Waals surface area contributed by atoms with Crippen LogP contribution in [0.25, 0.3) is 0 Å². The third kappa shape index (κ3) is 7.19. The Hall–Kier alpha value is -3.25. The number of rotatable bonds is 9. The molecule has 6 nitrogen and oxygen atoms in total. The normalized spacial score (nSPS) is 13.2. The third-order valence-electron chi connectivity index (χ3n) is 4.26. The van der Waals surface area contributed by atoms with Crippen LogP contribution in [0.2, 0.25) is 0 Å². The van der Waals surface area contributed by atoms with Gasteiger partial charge in [-0.3, -0.25) is 4.79 Å². The van der Waals surface area contributed by atoms with Gasteiger partial charge < -0.3 is 19.9 Å². The molecule has 1 amide bonds. The predicted octanol–water partition coefficient (Wildman–Crippen LogP) is 3.54. The molecule has 0 saturated carbocycles. The molecule has 0 spiro atoms. The zero-order valence-corrected chi connectivity index (χ0v) is 17.0. The summed E-state index contributed by atoms with van der Waals surface area (Å²) < 4.78 is 48.7. The number of carbonyl (C=O) groups is 1. The standard InChI is InChI=1S/C22H23F3N2O4/c1-14(2)20(31-19-6-4-3-5-15(19)11-26)21(29)27-12-17(28)13-30-18-9-7-16(8-10-18)22(23,24)25/h3-10,14,17,20,28H,12-13H2,1-2H3,(H,27,29). The van der Waals surface area contributed by atoms with Gasteiger partial charge in [0.15, 0.2) is 6.10 Å². The summed E-state index contributed by atoms with van der Waals surface area (Å²) in [7, 11) is 0. The number of aliphatic hydroxyl groups excluding tert-OH is 1. The fourth-order valence-electron chi connectivity index (χ4n) is 2.60. The van der Waals surface area contributed by atoms with Crippen LogP contribution in [-0.4, -0.2) is 36.4 Å². The van der Waals surface area contributed by atoms with E-state index in [0.29, 0.717) is 5.56 Å². The maximum absolute atomic E-state index is 12.6. The van der Waals surface area contributed by atoms with Crippen LogP contribution in [0.3, 0.4) is 0 Å². The summed E-state index contributed by atoms with van der Waals surface area (Å²) in [4.78, 5) is 12.5. The van der Waals surface area contributed by atoms with Crippen LogP contribution in [0, 0.1) is 17.2 Å². The summed E-state index contributed by atoms with van der Waals surface area (Å²) in [6, 6.07) is 12.6. The fourth-order valence-corrected chi connectivity index (χ4v) is 2.60. The van der Waals surface area contributed by atoms with Gasteiger partial charge in [0, 0.05) is 6.54 Å². The van der Waals surface area contributed by atoms with E-state index in [9.17, 15) is 23.1 Å². The van der Waals surface area contributed by atoms with Gasteiger partial charge in [-0.25, -0.2) is 0 Å². The molecule has 2 atom stereocenters. The molecule has 0 fully saturated rings. The molecule has 2 rings (SSSR count). The number of hydrogen-bond donors (Lipinski definition) is 2. The zero-order valence-electron chi connectivity index (χ0n) is 17.0. The molecule has 2 aromatic carbocycles. The van der Waals surface area contributed by atoms with Gasteiger partial charge in [-0.2, -0.15) is 18.4 Å². The first-order chi connectivity index (χ1) is 14.6. The smallest absolute Gasteiger partial charge is 0.416 e. The molecule has 0 aliphatic heterocycles. The van der Waals surface area contributed by atoms with Crippen LogP contribution in [-0.2, 0) is 11.0 Å². The number of ether oxygens (including phenoxy) is 2. The Morgan fingerprint density at radius 2 is 1.81 bits per heavy atom. The number of aliphatic hydroxyl groups is 1. The lowest BCUT2D eigenvalue weighted by Crippen LogP contribution is -2.45. The maximum atomic E-state index is 12.6. The molecule has 2 N–H and O–H groups in total. The van der Waals surface area contributed by atoms with E-state index >= 15 is 0 Å². The first kappa shape index (κ1) is 24.0. The molecule has 0 aliphatic rings. The van der Waals surface area contributed by atoms with E-state index in [1.807, 2.05) is 6.07 Å². The lowest BCUT2D eigenvalue weighted by molar-refractivity contribution is -0.137. The first-order valence-electron chi connectivity index (χ1n) is 9.53. The lowest BCUT2D eigenvalue weighted by atomic mass is 10.1. The van der Waals surface area contributed by atoms with Crippen molar-refractivity contribution in [1.82, 2.24) is 5.32 Å². The highest BCUT2D eigenvalue weighted by Gasteiger charge is 2.30. The number of hydrogen-bond acceptors (Lipinski definition) is 5. The van der Waals surface area contributed by atoms with Crippen LogP contribution < -0.4 is 14.8 Å². The summed E-state index contributed by atoms with van der Waals surface area (Å²) in [6.45, 7) is 3.19. The van der Waals surface area contributed by atoms with Gasteiger partial charge >= 0.3 is 6.18 Å². The average molecular weight is 436 g/mol. The Morgan fingerprint density at radius 1 is 1.16 bits per heavy atom. The van der Waals surface area contributed by atoms with Crippen LogP contribution in [0.5, 0.6) is 11.5 Å². The molecule has 31 heavy (non-hydrogen) atoms. The van der Waals surface area contributed by atoms with E-state index in [-0.39, 0.29) is 30.6 Å². The molecule has 2 unspecified atom stereocenters. The highest BCUT2D eigenvalue weighted by Crippen LogP contribution is 2.30. The Bertz CT molecular complexity index is 908. The van der Waals surface area contributed by atoms with Crippen molar-refractivity contribution in [2.75, 3.05) is 13.2 Å². The highest BCUT2D eigenvalue weighted by atomic mass is 19.4. The minimum absolute atomic E-state index is 0.147. The van der Waals surface area contributed by atoms with E-state index < -0.39 is 29.9 Å². The molecule has 0 saturated heterocycles. The molecular formula is C22H23F3N2O4. The Balaban J connectivity index is 1.87. The predicted molar refractivity (Wildman–Crippen MR) is 106 cm³/mol. The van der Waals surface area contributed by atoms with Crippen molar-refractivity contribution in [3.63, 3.8) is 0 Å². The number of nitrogens with zero attached hydrogens (tertiary/aromatic N) is 1. The molecule has 0 aliphatic carbocycles. The van der Waals surface area contributed by atoms with Gasteiger partial charge in [0.25, 0.3) is 5.91 Å². The monoisotopic (exact) mass is 436 g/mol. The summed E-state index contributed by atoms with van der Waals surface area (Å²) in [5.41, 5.74) is -0.503. The van der Waals surface area contributed by atoms with Crippen molar-refractivity contribution < 1.29 is 32.5 Å². The van der Waals surface area contributed by atoms with Crippen LogP contribution >= 0.6 is 0 Å². The number of halogens is 3. The third-order valence-corrected chi connectivity index (χ3v) is 4.26. The quantitative estimate of drug-likeness (QED) is 0.628. The Morgan fingerprint density at radius 3 is 2.39 bits per heavy atom. The number of para-hydroxylation sites is 1. The average Bonchev–Trinajstić information content (AvgIpc) is 2.74. The number of amides is 1. The zero-order chi connectivity index (χ0) is 23.0. The van der Waals surface area contributed by atoms with E-state index in [4.69, 9.17) is 14.7 Å². The largest absolute Gasteiger partial charge is 0.491 e. The minimum Gasteiger partial charge on any atom is -0.491 e. The summed E-state index contributed by atoms with van der Waals surface area (Å²) >= 11 is 0. The van der Waals surface area contributed by atoms with Gasteiger partial charge in [0.2, 0.25) is 0 Å². The maximum Gasteiger partial charge on any atom is 0.416 e. The number of benzene rings is 2. The van der Waals surface area contributed by atoms with Gasteiger partial charge in [0.1, 0.15) is 30.3 Å². The van der Waals surface area contributed by atoms with Crippen molar-refractivity contribution in [3.8, 4) is 17.6 Å². The summed E-state index contributed by atoms with van der Waals surface area (Å²) in [6.07, 6.45) is -6.42. The molecular weight excluding hydrogens is 413 g/mol. The van der Waals surface area contributed by atoms with Crippen LogP contribution in [0.4, 0.5) is 13.2 Å². The van der Waals surface area contributed by atoms with E-state index in [0.717, 1.165) is 24.3 Å².